The van der Waals surface area contributed by atoms with E-state index < -0.39 is 10.8 Å². The van der Waals surface area contributed by atoms with Crippen LogP contribution in [0.5, 0.6) is 11.5 Å². The fraction of sp³-hybridized carbons (Fsp3) is 0.300. The quantitative estimate of drug-likeness (QED) is 0.432. The van der Waals surface area contributed by atoms with E-state index in [0.29, 0.717) is 11.5 Å². The van der Waals surface area contributed by atoms with Crippen LogP contribution in [0.4, 0.5) is 17.1 Å². The minimum atomic E-state index is -0.549. The molecule has 2 aromatic carbocycles. The first-order chi connectivity index (χ1) is 13.8. The second kappa shape index (κ2) is 8.17. The maximum atomic E-state index is 12.2. The molecule has 1 heterocycles. The van der Waals surface area contributed by atoms with Gasteiger partial charge in [-0.3, -0.25) is 24.6 Å². The molecule has 3 rings (SSSR count). The van der Waals surface area contributed by atoms with Crippen LogP contribution in [-0.4, -0.2) is 31.0 Å². The van der Waals surface area contributed by atoms with Gasteiger partial charge in [0, 0.05) is 31.0 Å². The van der Waals surface area contributed by atoms with Crippen LogP contribution < -0.4 is 19.7 Å². The van der Waals surface area contributed by atoms with E-state index in [0.717, 1.165) is 10.5 Å². The molecule has 1 aliphatic heterocycles. The van der Waals surface area contributed by atoms with Crippen LogP contribution in [0.15, 0.2) is 36.4 Å². The number of nitro groups is 1. The Balaban J connectivity index is 1.86. The third-order valence-electron chi connectivity index (χ3n) is 4.70. The number of rotatable bonds is 7. The van der Waals surface area contributed by atoms with Gasteiger partial charge in [0.1, 0.15) is 17.2 Å². The fourth-order valence-corrected chi connectivity index (χ4v) is 3.18. The molecule has 1 unspecified atom stereocenters. The van der Waals surface area contributed by atoms with Crippen LogP contribution in [0.25, 0.3) is 0 Å². The summed E-state index contributed by atoms with van der Waals surface area (Å²) in [6, 6.07) is 9.56. The Morgan fingerprint density at radius 1 is 1.14 bits per heavy atom. The van der Waals surface area contributed by atoms with Gasteiger partial charge < -0.3 is 14.8 Å². The standard InChI is InChI=1S/C20H21N3O6/c1-12-6-19(24)22(20(12)25)14-4-5-17(18(9-14)23(26)27)21-11-13-7-15(28-2)10-16(8-13)29-3/h4-5,7-10,12,21H,6,11H2,1-3H3. The van der Waals surface area contributed by atoms with E-state index in [1.165, 1.54) is 32.4 Å². The third-order valence-corrected chi connectivity index (χ3v) is 4.70. The van der Waals surface area contributed by atoms with Gasteiger partial charge in [0.25, 0.3) is 5.69 Å². The summed E-state index contributed by atoms with van der Waals surface area (Å²) in [6.07, 6.45) is 0.101. The van der Waals surface area contributed by atoms with Crippen molar-refractivity contribution in [3.05, 3.63) is 52.1 Å². The second-order valence-corrected chi connectivity index (χ2v) is 6.71. The largest absolute Gasteiger partial charge is 0.497 e. The summed E-state index contributed by atoms with van der Waals surface area (Å²) in [5, 5.41) is 14.6. The number of amides is 2. The normalized spacial score (nSPS) is 16.1. The van der Waals surface area contributed by atoms with Gasteiger partial charge in [0.2, 0.25) is 11.8 Å². The number of hydrogen-bond donors (Lipinski definition) is 1. The van der Waals surface area contributed by atoms with Gasteiger partial charge in [-0.1, -0.05) is 6.92 Å². The number of ether oxygens (including phenoxy) is 2. The minimum Gasteiger partial charge on any atom is -0.497 e. The number of carbonyl (C=O) groups excluding carboxylic acids is 2. The van der Waals surface area contributed by atoms with Crippen molar-refractivity contribution in [2.24, 2.45) is 5.92 Å². The number of benzene rings is 2. The van der Waals surface area contributed by atoms with Gasteiger partial charge in [0.05, 0.1) is 24.8 Å². The molecule has 2 amide bonds. The molecule has 1 N–H and O–H groups in total. The molecule has 152 valence electrons. The first kappa shape index (κ1) is 20.1. The van der Waals surface area contributed by atoms with Crippen LogP contribution in [0.2, 0.25) is 0 Å². The highest BCUT2D eigenvalue weighted by Gasteiger charge is 2.37. The van der Waals surface area contributed by atoms with Gasteiger partial charge >= 0.3 is 0 Å². The van der Waals surface area contributed by atoms with Gasteiger partial charge in [-0.25, -0.2) is 0 Å². The molecule has 29 heavy (non-hydrogen) atoms. The first-order valence-electron chi connectivity index (χ1n) is 8.95. The molecule has 0 aromatic heterocycles. The van der Waals surface area contributed by atoms with E-state index in [9.17, 15) is 19.7 Å². The van der Waals surface area contributed by atoms with Crippen molar-refractivity contribution < 1.29 is 24.0 Å². The zero-order valence-corrected chi connectivity index (χ0v) is 16.3. The maximum absolute atomic E-state index is 12.2. The highest BCUT2D eigenvalue weighted by molar-refractivity contribution is 6.21. The Kier molecular flexibility index (Phi) is 5.67. The number of anilines is 2. The predicted octanol–water partition coefficient (Wildman–Crippen LogP) is 3.12. The third kappa shape index (κ3) is 4.13. The lowest BCUT2D eigenvalue weighted by Crippen LogP contribution is -2.30. The molecule has 2 aromatic rings. The molecule has 1 atom stereocenters. The molecular formula is C20H21N3O6. The van der Waals surface area contributed by atoms with Crippen molar-refractivity contribution in [2.45, 2.75) is 19.9 Å². The number of methoxy groups -OCH3 is 2. The molecule has 0 bridgehead atoms. The van der Waals surface area contributed by atoms with Gasteiger partial charge in [-0.2, -0.15) is 0 Å². The molecular weight excluding hydrogens is 378 g/mol. The lowest BCUT2D eigenvalue weighted by Gasteiger charge is -2.16. The van der Waals surface area contributed by atoms with E-state index in [1.807, 2.05) is 0 Å². The fourth-order valence-electron chi connectivity index (χ4n) is 3.18. The van der Waals surface area contributed by atoms with Crippen LogP contribution in [0, 0.1) is 16.0 Å². The average molecular weight is 399 g/mol. The van der Waals surface area contributed by atoms with E-state index in [4.69, 9.17) is 9.47 Å². The molecule has 1 fully saturated rings. The summed E-state index contributed by atoms with van der Waals surface area (Å²) in [6.45, 7) is 1.94. The molecule has 0 radical (unpaired) electrons. The predicted molar refractivity (Wildman–Crippen MR) is 106 cm³/mol. The summed E-state index contributed by atoms with van der Waals surface area (Å²) in [5.74, 6) is 0.0641. The minimum absolute atomic E-state index is 0.101. The molecule has 1 saturated heterocycles. The van der Waals surface area contributed by atoms with Crippen LogP contribution >= 0.6 is 0 Å². The summed E-state index contributed by atoms with van der Waals surface area (Å²) >= 11 is 0. The van der Waals surface area contributed by atoms with Crippen LogP contribution in [-0.2, 0) is 16.1 Å². The highest BCUT2D eigenvalue weighted by Crippen LogP contribution is 2.34. The van der Waals surface area contributed by atoms with Crippen molar-refractivity contribution in [1.29, 1.82) is 0 Å². The van der Waals surface area contributed by atoms with Crippen LogP contribution in [0.1, 0.15) is 18.9 Å². The Morgan fingerprint density at radius 2 is 1.79 bits per heavy atom. The molecule has 0 saturated carbocycles. The summed E-state index contributed by atoms with van der Waals surface area (Å²) in [5.41, 5.74) is 1.05. The van der Waals surface area contributed by atoms with Crippen molar-refractivity contribution in [1.82, 2.24) is 0 Å². The van der Waals surface area contributed by atoms with Gasteiger partial charge in [0.15, 0.2) is 0 Å². The topological polar surface area (TPSA) is 111 Å². The van der Waals surface area contributed by atoms with E-state index in [-0.39, 0.29) is 41.8 Å². The zero-order valence-electron chi connectivity index (χ0n) is 16.3. The number of nitrogens with zero attached hydrogens (tertiary/aromatic N) is 2. The van der Waals surface area contributed by atoms with Crippen molar-refractivity contribution in [3.8, 4) is 11.5 Å². The average Bonchev–Trinajstić information content (AvgIpc) is 2.97. The van der Waals surface area contributed by atoms with Gasteiger partial charge in [-0.15, -0.1) is 0 Å². The summed E-state index contributed by atoms with van der Waals surface area (Å²) < 4.78 is 10.5. The lowest BCUT2D eigenvalue weighted by molar-refractivity contribution is -0.383. The second-order valence-electron chi connectivity index (χ2n) is 6.71. The zero-order chi connectivity index (χ0) is 21.1. The van der Waals surface area contributed by atoms with Crippen molar-refractivity contribution >= 4 is 28.9 Å². The summed E-state index contributed by atoms with van der Waals surface area (Å²) in [7, 11) is 3.08. The Hall–Kier alpha value is -3.62. The monoisotopic (exact) mass is 399 g/mol. The number of nitro benzene ring substituents is 1. The molecule has 0 spiro atoms. The van der Waals surface area contributed by atoms with Crippen LogP contribution in [0.3, 0.4) is 0 Å². The molecule has 1 aliphatic rings. The van der Waals surface area contributed by atoms with E-state index in [2.05, 4.69) is 5.32 Å². The Bertz CT molecular complexity index is 952. The first-order valence-corrected chi connectivity index (χ1v) is 8.95. The SMILES string of the molecule is COc1cc(CNc2ccc(N3C(=O)CC(C)C3=O)cc2[N+](=O)[O-])cc(OC)c1. The Morgan fingerprint density at radius 3 is 2.31 bits per heavy atom. The lowest BCUT2D eigenvalue weighted by atomic mass is 10.1. The van der Waals surface area contributed by atoms with Gasteiger partial charge in [-0.05, 0) is 29.8 Å². The van der Waals surface area contributed by atoms with Crippen molar-refractivity contribution in [3.63, 3.8) is 0 Å². The van der Waals surface area contributed by atoms with E-state index in [1.54, 1.807) is 25.1 Å². The summed E-state index contributed by atoms with van der Waals surface area (Å²) in [4.78, 5) is 36.3. The number of hydrogen-bond acceptors (Lipinski definition) is 7. The molecule has 0 aliphatic carbocycles. The number of imide groups is 1. The van der Waals surface area contributed by atoms with Crippen molar-refractivity contribution in [2.75, 3.05) is 24.4 Å². The number of nitrogens with one attached hydrogen (secondary N) is 1. The smallest absolute Gasteiger partial charge is 0.294 e. The maximum Gasteiger partial charge on any atom is 0.294 e. The molecule has 9 heteroatoms. The Labute approximate surface area is 167 Å². The highest BCUT2D eigenvalue weighted by atomic mass is 16.6. The number of carbonyl (C=O) groups is 2. The van der Waals surface area contributed by atoms with E-state index >= 15 is 0 Å². The molecule has 9 nitrogen and oxygen atoms in total.